The smallest absolute Gasteiger partial charge is 0.203 e. The highest BCUT2D eigenvalue weighted by molar-refractivity contribution is 5.80. The van der Waals surface area contributed by atoms with Crippen molar-refractivity contribution in [3.8, 4) is 11.5 Å². The summed E-state index contributed by atoms with van der Waals surface area (Å²) in [7, 11) is 0. The molecule has 30 heavy (non-hydrogen) atoms. The lowest BCUT2D eigenvalue weighted by atomic mass is 10.3. The molecule has 0 radical (unpaired) electrons. The van der Waals surface area contributed by atoms with Gasteiger partial charge in [0.15, 0.2) is 11.6 Å². The van der Waals surface area contributed by atoms with Crippen molar-refractivity contribution in [1.29, 1.82) is 0 Å². The van der Waals surface area contributed by atoms with E-state index in [1.54, 1.807) is 18.5 Å². The quantitative estimate of drug-likeness (QED) is 0.376. The first-order valence-corrected chi connectivity index (χ1v) is 9.59. The molecule has 4 rings (SSSR count). The third kappa shape index (κ3) is 3.45. The van der Waals surface area contributed by atoms with Crippen molar-refractivity contribution in [2.45, 2.75) is 33.4 Å². The zero-order valence-corrected chi connectivity index (χ0v) is 17.2. The third-order valence-electron chi connectivity index (χ3n) is 4.60. The molecule has 0 saturated carbocycles. The summed E-state index contributed by atoms with van der Waals surface area (Å²) in [6, 6.07) is 2.11. The molecule has 0 amide bonds. The fraction of sp³-hybridized carbons (Fsp3) is 0.238. The van der Waals surface area contributed by atoms with Gasteiger partial charge in [0, 0.05) is 18.4 Å². The lowest BCUT2D eigenvalue weighted by Gasteiger charge is -2.13. The standard InChI is InChI=1S/C21H23N9/c1-6-7-15(22-5)11-30-18-8-9-23-10-16(18)26-20(30)17-12-29-14(4)27-28-21(29)19(25-17)24-13(2)3/h6-10,12-13H,1,5,11H2,2-4H3,(H,24,25)/b15-7-. The maximum atomic E-state index is 4.84. The summed E-state index contributed by atoms with van der Waals surface area (Å²) in [5.41, 5.74) is 3.83. The van der Waals surface area contributed by atoms with Gasteiger partial charge in [-0.05, 0) is 39.6 Å². The molecule has 4 aromatic rings. The summed E-state index contributed by atoms with van der Waals surface area (Å²) in [4.78, 5) is 18.0. The maximum Gasteiger partial charge on any atom is 0.203 e. The first-order chi connectivity index (χ1) is 14.5. The number of nitrogens with zero attached hydrogens (tertiary/aromatic N) is 8. The minimum Gasteiger partial charge on any atom is -0.365 e. The van der Waals surface area contributed by atoms with Gasteiger partial charge in [-0.25, -0.2) is 9.97 Å². The minimum atomic E-state index is 0.184. The van der Waals surface area contributed by atoms with Gasteiger partial charge in [0.25, 0.3) is 0 Å². The summed E-state index contributed by atoms with van der Waals surface area (Å²) >= 11 is 0. The zero-order chi connectivity index (χ0) is 21.3. The second kappa shape index (κ2) is 7.86. The lowest BCUT2D eigenvalue weighted by Crippen LogP contribution is -2.13. The molecular formula is C21H23N9. The molecule has 4 aromatic heterocycles. The number of hydrogen-bond acceptors (Lipinski definition) is 7. The van der Waals surface area contributed by atoms with Crippen LogP contribution in [-0.2, 0) is 6.54 Å². The topological polar surface area (TPSA) is 98.2 Å². The number of nitrogens with one attached hydrogen (secondary N) is 1. The molecule has 9 nitrogen and oxygen atoms in total. The Bertz CT molecular complexity index is 1280. The van der Waals surface area contributed by atoms with Crippen molar-refractivity contribution < 1.29 is 0 Å². The van der Waals surface area contributed by atoms with Crippen LogP contribution in [0, 0.1) is 6.92 Å². The summed E-state index contributed by atoms with van der Waals surface area (Å²) in [5, 5.41) is 11.8. The van der Waals surface area contributed by atoms with Gasteiger partial charge >= 0.3 is 0 Å². The Kier molecular flexibility index (Phi) is 5.09. The molecule has 0 fully saturated rings. The normalized spacial score (nSPS) is 12.1. The van der Waals surface area contributed by atoms with Crippen LogP contribution in [-0.4, -0.2) is 46.9 Å². The number of aliphatic imine (C=N–C) groups is 1. The largest absolute Gasteiger partial charge is 0.365 e. The molecule has 0 spiro atoms. The molecule has 0 aliphatic heterocycles. The van der Waals surface area contributed by atoms with Gasteiger partial charge in [-0.1, -0.05) is 12.7 Å². The first kappa shape index (κ1) is 19.4. The molecule has 0 aliphatic carbocycles. The van der Waals surface area contributed by atoms with Crippen LogP contribution < -0.4 is 5.32 Å². The van der Waals surface area contributed by atoms with E-state index in [-0.39, 0.29) is 6.04 Å². The van der Waals surface area contributed by atoms with E-state index in [2.05, 4.69) is 52.6 Å². The molecule has 4 heterocycles. The van der Waals surface area contributed by atoms with E-state index in [0.29, 0.717) is 29.5 Å². The van der Waals surface area contributed by atoms with Crippen molar-refractivity contribution in [3.63, 3.8) is 0 Å². The molecule has 0 unspecified atom stereocenters. The number of imidazole rings is 1. The van der Waals surface area contributed by atoms with Gasteiger partial charge in [-0.15, -0.1) is 10.2 Å². The van der Waals surface area contributed by atoms with E-state index in [9.17, 15) is 0 Å². The number of pyridine rings is 1. The van der Waals surface area contributed by atoms with Gasteiger partial charge in [-0.2, -0.15) is 0 Å². The van der Waals surface area contributed by atoms with E-state index >= 15 is 0 Å². The number of hydrogen-bond donors (Lipinski definition) is 1. The van der Waals surface area contributed by atoms with Crippen LogP contribution in [0.3, 0.4) is 0 Å². The molecule has 9 heteroatoms. The number of fused-ring (bicyclic) bond motifs is 2. The Balaban J connectivity index is 1.97. The van der Waals surface area contributed by atoms with E-state index in [1.807, 2.05) is 34.2 Å². The number of rotatable bonds is 7. The van der Waals surface area contributed by atoms with Crippen LogP contribution in [0.25, 0.3) is 28.2 Å². The average molecular weight is 401 g/mol. The Morgan fingerprint density at radius 2 is 2.13 bits per heavy atom. The summed E-state index contributed by atoms with van der Waals surface area (Å²) in [5.74, 6) is 2.12. The van der Waals surface area contributed by atoms with E-state index in [0.717, 1.165) is 22.6 Å². The van der Waals surface area contributed by atoms with Crippen molar-refractivity contribution in [2.24, 2.45) is 4.99 Å². The predicted octanol–water partition coefficient (Wildman–Crippen LogP) is 3.44. The molecule has 0 aromatic carbocycles. The Morgan fingerprint density at radius 1 is 1.30 bits per heavy atom. The van der Waals surface area contributed by atoms with E-state index < -0.39 is 0 Å². The molecule has 0 bridgehead atoms. The van der Waals surface area contributed by atoms with Crippen LogP contribution in [0.2, 0.25) is 0 Å². The summed E-state index contributed by atoms with van der Waals surface area (Å²) in [6.45, 7) is 13.9. The molecule has 0 aliphatic rings. The van der Waals surface area contributed by atoms with Gasteiger partial charge in [0.2, 0.25) is 5.65 Å². The second-order valence-corrected chi connectivity index (χ2v) is 7.15. The summed E-state index contributed by atoms with van der Waals surface area (Å²) < 4.78 is 3.97. The third-order valence-corrected chi connectivity index (χ3v) is 4.60. The van der Waals surface area contributed by atoms with E-state index in [1.165, 1.54) is 0 Å². The lowest BCUT2D eigenvalue weighted by molar-refractivity contribution is 0.804. The average Bonchev–Trinajstić information content (AvgIpc) is 3.28. The van der Waals surface area contributed by atoms with Crippen molar-refractivity contribution in [1.82, 2.24) is 34.1 Å². The molecule has 0 atom stereocenters. The molecular weight excluding hydrogens is 378 g/mol. The Labute approximate surface area is 173 Å². The van der Waals surface area contributed by atoms with Crippen molar-refractivity contribution >= 4 is 29.2 Å². The zero-order valence-electron chi connectivity index (χ0n) is 17.2. The number of aromatic nitrogens is 7. The highest BCUT2D eigenvalue weighted by atomic mass is 15.3. The van der Waals surface area contributed by atoms with Crippen molar-refractivity contribution in [3.05, 3.63) is 54.9 Å². The predicted molar refractivity (Wildman–Crippen MR) is 119 cm³/mol. The Morgan fingerprint density at radius 3 is 2.87 bits per heavy atom. The van der Waals surface area contributed by atoms with Crippen LogP contribution in [0.4, 0.5) is 5.82 Å². The van der Waals surface area contributed by atoms with Gasteiger partial charge < -0.3 is 9.88 Å². The monoisotopic (exact) mass is 401 g/mol. The fourth-order valence-electron chi connectivity index (χ4n) is 3.28. The summed E-state index contributed by atoms with van der Waals surface area (Å²) in [6.07, 6.45) is 8.91. The minimum absolute atomic E-state index is 0.184. The van der Waals surface area contributed by atoms with Gasteiger partial charge in [0.1, 0.15) is 17.0 Å². The van der Waals surface area contributed by atoms with Crippen LogP contribution in [0.1, 0.15) is 19.7 Å². The molecule has 1 N–H and O–H groups in total. The maximum absolute atomic E-state index is 4.84. The van der Waals surface area contributed by atoms with Crippen LogP contribution >= 0.6 is 0 Å². The number of allylic oxidation sites excluding steroid dienone is 3. The van der Waals surface area contributed by atoms with Crippen LogP contribution in [0.5, 0.6) is 0 Å². The van der Waals surface area contributed by atoms with Gasteiger partial charge in [0.05, 0.1) is 24.0 Å². The second-order valence-electron chi connectivity index (χ2n) is 7.15. The highest BCUT2D eigenvalue weighted by Gasteiger charge is 2.19. The first-order valence-electron chi connectivity index (χ1n) is 9.59. The van der Waals surface area contributed by atoms with Crippen molar-refractivity contribution in [2.75, 3.05) is 5.32 Å². The SMILES string of the molecule is C=C/C=C(/Cn1c(-c2cn3c(C)nnc3c(NC(C)C)n2)nc2cnccc21)N=C. The van der Waals surface area contributed by atoms with Gasteiger partial charge in [-0.3, -0.25) is 14.4 Å². The van der Waals surface area contributed by atoms with E-state index in [4.69, 9.17) is 9.97 Å². The Hall–Kier alpha value is -3.88. The number of anilines is 1. The van der Waals surface area contributed by atoms with Crippen LogP contribution in [0.15, 0.2) is 54.1 Å². The fourth-order valence-corrected chi connectivity index (χ4v) is 3.28. The highest BCUT2D eigenvalue weighted by Crippen LogP contribution is 2.27. The molecule has 0 saturated heterocycles. The molecule has 152 valence electrons. The number of aryl methyl sites for hydroxylation is 1.